The van der Waals surface area contributed by atoms with E-state index in [9.17, 15) is 0 Å². The van der Waals surface area contributed by atoms with Gasteiger partial charge in [-0.3, -0.25) is 0 Å². The van der Waals surface area contributed by atoms with Gasteiger partial charge in [0, 0.05) is 13.2 Å². The van der Waals surface area contributed by atoms with Gasteiger partial charge in [-0.1, -0.05) is 48.5 Å². The molecule has 3 N–H and O–H groups in total. The molecule has 0 fully saturated rings. The second-order valence-corrected chi connectivity index (χ2v) is 2.86. The highest BCUT2D eigenvalue weighted by atomic mass is 16.3. The summed E-state index contributed by atoms with van der Waals surface area (Å²) in [7, 11) is 2.95. The highest BCUT2D eigenvalue weighted by Crippen LogP contribution is 2.03. The fourth-order valence-electron chi connectivity index (χ4n) is 1.14. The molecule has 0 aliphatic heterocycles. The van der Waals surface area contributed by atoms with Gasteiger partial charge in [0.25, 0.3) is 0 Å². The first-order valence-electron chi connectivity index (χ1n) is 7.29. The molecule has 0 aromatic carbocycles. The van der Waals surface area contributed by atoms with Crippen LogP contribution in [0.3, 0.4) is 0 Å². The molecule has 2 atom stereocenters. The maximum absolute atomic E-state index is 9.04. The van der Waals surface area contributed by atoms with Crippen LogP contribution in [0.25, 0.3) is 0 Å². The molecule has 0 rings (SSSR count). The van der Waals surface area contributed by atoms with E-state index in [1.54, 1.807) is 0 Å². The van der Waals surface area contributed by atoms with E-state index in [-0.39, 0.29) is 13.5 Å². The van der Waals surface area contributed by atoms with Crippen molar-refractivity contribution in [1.29, 1.82) is 0 Å². The molecule has 0 saturated heterocycles. The summed E-state index contributed by atoms with van der Waals surface area (Å²) in [5.41, 5.74) is 0. The lowest BCUT2D eigenvalue weighted by atomic mass is 10.1. The first-order chi connectivity index (χ1) is 9.70. The molecule has 136 valence electrons. The maximum atomic E-state index is 9.04. The van der Waals surface area contributed by atoms with Crippen LogP contribution in [0.2, 0.25) is 0 Å². The van der Waals surface area contributed by atoms with Crippen LogP contribution < -0.4 is 5.32 Å². The molecule has 0 radical (unpaired) electrons. The third-order valence-electron chi connectivity index (χ3n) is 1.67. The average molecular weight is 312 g/mol. The van der Waals surface area contributed by atoms with Crippen molar-refractivity contribution in [3.63, 3.8) is 0 Å². The predicted octanol–water partition coefficient (Wildman–Crippen LogP) is 4.06. The SMILES string of the molecule is C.C=C.C=O.CC.CC.CCCC(CC(C)O)NC.CO. The van der Waals surface area contributed by atoms with Crippen molar-refractivity contribution in [3.8, 4) is 0 Å². The molecule has 4 heteroatoms. The number of rotatable bonds is 5. The van der Waals surface area contributed by atoms with Gasteiger partial charge in [0.1, 0.15) is 6.79 Å². The summed E-state index contributed by atoms with van der Waals surface area (Å²) in [6.07, 6.45) is 3.02. The zero-order valence-electron chi connectivity index (χ0n) is 15.2. The highest BCUT2D eigenvalue weighted by Gasteiger charge is 2.06. The Morgan fingerprint density at radius 3 is 1.48 bits per heavy atom. The monoisotopic (exact) mass is 311 g/mol. The van der Waals surface area contributed by atoms with E-state index in [2.05, 4.69) is 25.4 Å². The summed E-state index contributed by atoms with van der Waals surface area (Å²) in [6, 6.07) is 0.491. The van der Waals surface area contributed by atoms with Crippen molar-refractivity contribution in [1.82, 2.24) is 5.32 Å². The van der Waals surface area contributed by atoms with E-state index in [1.807, 2.05) is 48.5 Å². The molecular weight excluding hydrogens is 266 g/mol. The molecule has 2 unspecified atom stereocenters. The molecular formula is C17H45NO3. The fourth-order valence-corrected chi connectivity index (χ4v) is 1.14. The lowest BCUT2D eigenvalue weighted by Crippen LogP contribution is -2.28. The summed E-state index contributed by atoms with van der Waals surface area (Å²) in [5, 5.41) is 19.2. The Bertz CT molecular complexity index is 100. The Labute approximate surface area is 135 Å². The van der Waals surface area contributed by atoms with Gasteiger partial charge >= 0.3 is 0 Å². The lowest BCUT2D eigenvalue weighted by Gasteiger charge is -2.16. The minimum Gasteiger partial charge on any atom is -0.400 e. The van der Waals surface area contributed by atoms with Gasteiger partial charge in [0.05, 0.1) is 6.10 Å². The zero-order valence-corrected chi connectivity index (χ0v) is 15.2. The molecule has 0 heterocycles. The molecule has 0 aliphatic carbocycles. The largest absolute Gasteiger partial charge is 0.400 e. The molecule has 0 spiro atoms. The van der Waals surface area contributed by atoms with Gasteiger partial charge in [-0.15, -0.1) is 13.2 Å². The standard InChI is InChI=1S/C8H19NO.2C2H6.C2H4.CH4O.CH2O.CH4/c1-4-5-8(9-3)6-7(2)10;5*1-2;/h7-10H,4-6H2,1-3H3;2*1-2H3;1-2H2;2H,1H3;1H2;1H4. The average Bonchev–Trinajstić information content (AvgIpc) is 2.56. The Balaban J connectivity index is -0.0000000303. The number of hydrogen-bond donors (Lipinski definition) is 3. The molecule has 21 heavy (non-hydrogen) atoms. The smallest absolute Gasteiger partial charge is 0.106 e. The summed E-state index contributed by atoms with van der Waals surface area (Å²) < 4.78 is 0. The molecule has 0 amide bonds. The van der Waals surface area contributed by atoms with E-state index in [0.717, 1.165) is 20.0 Å². The second-order valence-electron chi connectivity index (χ2n) is 2.86. The van der Waals surface area contributed by atoms with Crippen molar-refractivity contribution >= 4 is 6.79 Å². The number of hydrogen-bond acceptors (Lipinski definition) is 4. The Morgan fingerprint density at radius 1 is 1.05 bits per heavy atom. The van der Waals surface area contributed by atoms with Crippen molar-refractivity contribution in [2.75, 3.05) is 14.2 Å². The normalized spacial score (nSPS) is 9.24. The van der Waals surface area contributed by atoms with E-state index < -0.39 is 0 Å². The quantitative estimate of drug-likeness (QED) is 0.670. The van der Waals surface area contributed by atoms with E-state index >= 15 is 0 Å². The summed E-state index contributed by atoms with van der Waals surface area (Å²) >= 11 is 0. The number of nitrogens with one attached hydrogen (secondary N) is 1. The molecule has 0 aromatic heterocycles. The van der Waals surface area contributed by atoms with Crippen LogP contribution in [-0.4, -0.2) is 43.3 Å². The van der Waals surface area contributed by atoms with Crippen LogP contribution in [0.15, 0.2) is 13.2 Å². The van der Waals surface area contributed by atoms with Crippen molar-refractivity contribution in [3.05, 3.63) is 13.2 Å². The summed E-state index contributed by atoms with van der Waals surface area (Å²) in [4.78, 5) is 8.00. The Morgan fingerprint density at radius 2 is 1.33 bits per heavy atom. The lowest BCUT2D eigenvalue weighted by molar-refractivity contribution is -0.0979. The highest BCUT2D eigenvalue weighted by molar-refractivity contribution is 5.10. The van der Waals surface area contributed by atoms with Crippen LogP contribution in [0.1, 0.15) is 68.2 Å². The van der Waals surface area contributed by atoms with Crippen LogP contribution in [0, 0.1) is 0 Å². The van der Waals surface area contributed by atoms with Crippen molar-refractivity contribution < 1.29 is 15.0 Å². The van der Waals surface area contributed by atoms with Crippen molar-refractivity contribution in [2.24, 2.45) is 0 Å². The molecule has 0 aromatic rings. The van der Waals surface area contributed by atoms with Crippen LogP contribution in [0.4, 0.5) is 0 Å². The van der Waals surface area contributed by atoms with Crippen molar-refractivity contribution in [2.45, 2.75) is 80.4 Å². The third-order valence-corrected chi connectivity index (χ3v) is 1.67. The Kier molecular flexibility index (Phi) is 152. The molecule has 4 nitrogen and oxygen atoms in total. The van der Waals surface area contributed by atoms with Gasteiger partial charge in [-0.05, 0) is 26.8 Å². The maximum Gasteiger partial charge on any atom is 0.106 e. The zero-order chi connectivity index (χ0) is 18.0. The van der Waals surface area contributed by atoms with Gasteiger partial charge in [0.2, 0.25) is 0 Å². The number of carbonyl (C=O) groups is 1. The molecule has 0 aliphatic rings. The van der Waals surface area contributed by atoms with Gasteiger partial charge in [0.15, 0.2) is 0 Å². The van der Waals surface area contributed by atoms with E-state index in [1.165, 1.54) is 6.42 Å². The van der Waals surface area contributed by atoms with Crippen LogP contribution in [0.5, 0.6) is 0 Å². The summed E-state index contributed by atoms with van der Waals surface area (Å²) in [5.74, 6) is 0. The molecule has 0 saturated carbocycles. The first kappa shape index (κ1) is 42.7. The minimum absolute atomic E-state index is 0. The Hall–Kier alpha value is -0.710. The van der Waals surface area contributed by atoms with Crippen LogP contribution in [-0.2, 0) is 4.79 Å². The second kappa shape index (κ2) is 74.8. The number of aliphatic hydroxyl groups excluding tert-OH is 2. The number of aliphatic hydroxyl groups is 2. The first-order valence-corrected chi connectivity index (χ1v) is 7.29. The van der Waals surface area contributed by atoms with Gasteiger partial charge in [-0.25, -0.2) is 0 Å². The topological polar surface area (TPSA) is 69.6 Å². The minimum atomic E-state index is -0.177. The van der Waals surface area contributed by atoms with Crippen LogP contribution >= 0.6 is 0 Å². The van der Waals surface area contributed by atoms with E-state index in [4.69, 9.17) is 15.0 Å². The van der Waals surface area contributed by atoms with E-state index in [0.29, 0.717) is 6.04 Å². The third kappa shape index (κ3) is 83.9. The fraction of sp³-hybridized carbons (Fsp3) is 0.824. The predicted molar refractivity (Wildman–Crippen MR) is 100.0 cm³/mol. The van der Waals surface area contributed by atoms with Gasteiger partial charge < -0.3 is 20.3 Å². The number of carbonyl (C=O) groups excluding carboxylic acids is 1. The van der Waals surface area contributed by atoms with Gasteiger partial charge in [-0.2, -0.15) is 0 Å². The summed E-state index contributed by atoms with van der Waals surface area (Å²) in [6.45, 7) is 20.0. The molecule has 0 bridgehead atoms.